The smallest absolute Gasteiger partial charge is 0.211 e. The highest BCUT2D eigenvalue weighted by atomic mass is 35.7. The number of hydrogen-bond acceptors (Lipinski definition) is 2. The lowest BCUT2D eigenvalue weighted by Crippen LogP contribution is -2.26. The van der Waals surface area contributed by atoms with E-state index in [4.69, 9.17) is 0 Å². The fourth-order valence-electron chi connectivity index (χ4n) is 1.20. The molecule has 0 saturated carbocycles. The van der Waals surface area contributed by atoms with E-state index in [1.54, 1.807) is 0 Å². The summed E-state index contributed by atoms with van der Waals surface area (Å²) in [6.07, 6.45) is -5.29. The molecule has 0 saturated heterocycles. The first kappa shape index (κ1) is 14.2. The van der Waals surface area contributed by atoms with E-state index < -0.39 is 37.7 Å². The topological polar surface area (TPSA) is 34.1 Å². The number of hydrogen-bond donors (Lipinski definition) is 0. The zero-order chi connectivity index (χ0) is 13.4. The molecule has 17 heavy (non-hydrogen) atoms. The summed E-state index contributed by atoms with van der Waals surface area (Å²) in [6.45, 7) is 0. The molecule has 9 heteroatoms. The van der Waals surface area contributed by atoms with Crippen LogP contribution in [-0.4, -0.2) is 14.6 Å². The average Bonchev–Trinajstić information content (AvgIpc) is 2.04. The zero-order valence-corrected chi connectivity index (χ0v) is 9.37. The van der Waals surface area contributed by atoms with E-state index in [1.165, 1.54) is 0 Å². The monoisotopic (exact) mass is 294 g/mol. The number of alkyl halides is 3. The van der Waals surface area contributed by atoms with Crippen LogP contribution in [0.4, 0.5) is 22.0 Å². The lowest BCUT2D eigenvalue weighted by atomic mass is 10.1. The van der Waals surface area contributed by atoms with Crippen molar-refractivity contribution in [3.63, 3.8) is 0 Å². The molecule has 0 radical (unpaired) electrons. The number of halogens is 6. The maximum Gasteiger partial charge on any atom is 0.410 e. The Morgan fingerprint density at radius 2 is 1.71 bits per heavy atom. The molecule has 1 unspecified atom stereocenters. The Morgan fingerprint density at radius 3 is 2.06 bits per heavy atom. The van der Waals surface area contributed by atoms with Crippen molar-refractivity contribution in [2.24, 2.45) is 0 Å². The van der Waals surface area contributed by atoms with Gasteiger partial charge >= 0.3 is 6.18 Å². The van der Waals surface area contributed by atoms with Crippen molar-refractivity contribution in [2.45, 2.75) is 11.4 Å². The van der Waals surface area contributed by atoms with Crippen LogP contribution in [0, 0.1) is 11.6 Å². The molecule has 0 aliphatic rings. The first-order chi connectivity index (χ1) is 7.53. The van der Waals surface area contributed by atoms with Crippen LogP contribution in [0.1, 0.15) is 10.8 Å². The summed E-state index contributed by atoms with van der Waals surface area (Å²) in [4.78, 5) is 0. The van der Waals surface area contributed by atoms with Gasteiger partial charge in [-0.1, -0.05) is 6.07 Å². The summed E-state index contributed by atoms with van der Waals surface area (Å²) in [7, 11) is -0.504. The van der Waals surface area contributed by atoms with Crippen molar-refractivity contribution in [2.75, 3.05) is 0 Å². The van der Waals surface area contributed by atoms with Gasteiger partial charge in [-0.15, -0.1) is 0 Å². The molecule has 96 valence electrons. The van der Waals surface area contributed by atoms with Gasteiger partial charge in [-0.3, -0.25) is 0 Å². The maximum atomic E-state index is 13.1. The Hall–Kier alpha value is -0.890. The first-order valence-electron chi connectivity index (χ1n) is 3.98. The van der Waals surface area contributed by atoms with Gasteiger partial charge in [-0.25, -0.2) is 17.2 Å². The Labute approximate surface area is 97.4 Å². The van der Waals surface area contributed by atoms with Crippen molar-refractivity contribution in [1.29, 1.82) is 0 Å². The minimum absolute atomic E-state index is 0.149. The predicted octanol–water partition coefficient (Wildman–Crippen LogP) is 3.14. The number of rotatable bonds is 2. The van der Waals surface area contributed by atoms with Gasteiger partial charge in [0.05, 0.1) is 0 Å². The van der Waals surface area contributed by atoms with Crippen molar-refractivity contribution in [3.05, 3.63) is 35.4 Å². The van der Waals surface area contributed by atoms with Crippen LogP contribution in [0.3, 0.4) is 0 Å². The average molecular weight is 295 g/mol. The molecule has 0 spiro atoms. The van der Waals surface area contributed by atoms with Gasteiger partial charge in [0.2, 0.25) is 9.05 Å². The minimum atomic E-state index is -5.29. The maximum absolute atomic E-state index is 13.1. The van der Waals surface area contributed by atoms with Crippen LogP contribution in [0.25, 0.3) is 0 Å². The third-order valence-corrected chi connectivity index (χ3v) is 3.44. The van der Waals surface area contributed by atoms with Crippen LogP contribution in [0.15, 0.2) is 18.2 Å². The van der Waals surface area contributed by atoms with Crippen molar-refractivity contribution in [3.8, 4) is 0 Å². The second-order valence-corrected chi connectivity index (χ2v) is 5.78. The molecule has 1 aromatic rings. The highest BCUT2D eigenvalue weighted by Gasteiger charge is 2.50. The standard InChI is InChI=1S/C8H4ClF5O2S/c9-17(15,16)7(8(12,13)14)5-2-1-4(10)3-6(5)11/h1-3,7H. The van der Waals surface area contributed by atoms with Crippen LogP contribution >= 0.6 is 10.7 Å². The molecule has 0 bridgehead atoms. The molecule has 2 nitrogen and oxygen atoms in total. The molecule has 0 aromatic heterocycles. The zero-order valence-electron chi connectivity index (χ0n) is 7.80. The molecule has 1 atom stereocenters. The van der Waals surface area contributed by atoms with E-state index in [2.05, 4.69) is 10.7 Å². The highest BCUT2D eigenvalue weighted by Crippen LogP contribution is 2.41. The lowest BCUT2D eigenvalue weighted by molar-refractivity contribution is -0.131. The summed E-state index contributed by atoms with van der Waals surface area (Å²) >= 11 is 0. The molecule has 0 amide bonds. The van der Waals surface area contributed by atoms with Crippen molar-refractivity contribution < 1.29 is 30.4 Å². The van der Waals surface area contributed by atoms with Gasteiger partial charge < -0.3 is 0 Å². The fraction of sp³-hybridized carbons (Fsp3) is 0.250. The van der Waals surface area contributed by atoms with Gasteiger partial charge in [0.25, 0.3) is 0 Å². The van der Waals surface area contributed by atoms with Gasteiger partial charge in [0.15, 0.2) is 5.25 Å². The van der Waals surface area contributed by atoms with E-state index in [-0.39, 0.29) is 6.07 Å². The molecular formula is C8H4ClF5O2S. The molecule has 1 aromatic carbocycles. The van der Waals surface area contributed by atoms with E-state index >= 15 is 0 Å². The lowest BCUT2D eigenvalue weighted by Gasteiger charge is -2.17. The molecule has 0 heterocycles. The Kier molecular flexibility index (Phi) is 3.68. The summed E-state index contributed by atoms with van der Waals surface area (Å²) in [6, 6.07) is 1.05. The quantitative estimate of drug-likeness (QED) is 0.620. The number of benzene rings is 1. The molecule has 0 aliphatic carbocycles. The Bertz CT molecular complexity index is 525. The van der Waals surface area contributed by atoms with Crippen LogP contribution in [-0.2, 0) is 9.05 Å². The highest BCUT2D eigenvalue weighted by molar-refractivity contribution is 8.14. The molecule has 1 rings (SSSR count). The Morgan fingerprint density at radius 1 is 1.18 bits per heavy atom. The van der Waals surface area contributed by atoms with E-state index in [0.717, 1.165) is 0 Å². The third kappa shape index (κ3) is 3.29. The normalized spacial score (nSPS) is 14.7. The second kappa shape index (κ2) is 4.41. The third-order valence-electron chi connectivity index (χ3n) is 1.82. The van der Waals surface area contributed by atoms with E-state index in [1.807, 2.05) is 0 Å². The Balaban J connectivity index is 3.44. The molecular weight excluding hydrogens is 291 g/mol. The molecule has 0 N–H and O–H groups in total. The van der Waals surface area contributed by atoms with Crippen molar-refractivity contribution in [1.82, 2.24) is 0 Å². The summed E-state index contributed by atoms with van der Waals surface area (Å²) < 4.78 is 84.6. The largest absolute Gasteiger partial charge is 0.410 e. The van der Waals surface area contributed by atoms with E-state index in [9.17, 15) is 30.4 Å². The SMILES string of the molecule is O=S(=O)(Cl)C(c1ccc(F)cc1F)C(F)(F)F. The van der Waals surface area contributed by atoms with E-state index in [0.29, 0.717) is 12.1 Å². The summed E-state index contributed by atoms with van der Waals surface area (Å²) in [5, 5.41) is -3.22. The molecule has 0 aliphatic heterocycles. The van der Waals surface area contributed by atoms with Gasteiger partial charge in [0.1, 0.15) is 11.6 Å². The minimum Gasteiger partial charge on any atom is -0.211 e. The first-order valence-corrected chi connectivity index (χ1v) is 6.36. The van der Waals surface area contributed by atoms with Gasteiger partial charge in [-0.05, 0) is 6.07 Å². The van der Waals surface area contributed by atoms with Crippen LogP contribution < -0.4 is 0 Å². The summed E-state index contributed by atoms with van der Waals surface area (Å²) in [5.41, 5.74) is -1.24. The van der Waals surface area contributed by atoms with Gasteiger partial charge in [0, 0.05) is 22.3 Å². The fourth-order valence-corrected chi connectivity index (χ4v) is 2.61. The van der Waals surface area contributed by atoms with Crippen LogP contribution in [0.5, 0.6) is 0 Å². The summed E-state index contributed by atoms with van der Waals surface area (Å²) in [5.74, 6) is -2.75. The van der Waals surface area contributed by atoms with Crippen molar-refractivity contribution >= 4 is 19.7 Å². The van der Waals surface area contributed by atoms with Crippen LogP contribution in [0.2, 0.25) is 0 Å². The molecule has 0 fully saturated rings. The second-order valence-electron chi connectivity index (χ2n) is 3.06. The van der Waals surface area contributed by atoms with Gasteiger partial charge in [-0.2, -0.15) is 13.2 Å². The predicted molar refractivity (Wildman–Crippen MR) is 49.9 cm³/mol.